The highest BCUT2D eigenvalue weighted by molar-refractivity contribution is 5.93. The molecule has 21 heavy (non-hydrogen) atoms. The number of hydrogen-bond donors (Lipinski definition) is 1. The molecule has 2 aromatic rings. The highest BCUT2D eigenvalue weighted by Gasteiger charge is 2.07. The van der Waals surface area contributed by atoms with Crippen molar-refractivity contribution in [3.05, 3.63) is 59.9 Å². The number of aromatic nitrogens is 1. The lowest BCUT2D eigenvalue weighted by atomic mass is 10.2. The van der Waals surface area contributed by atoms with Gasteiger partial charge in [0.15, 0.2) is 0 Å². The molecule has 1 aromatic carbocycles. The lowest BCUT2D eigenvalue weighted by Gasteiger charge is -2.23. The minimum atomic E-state index is -0.0802. The van der Waals surface area contributed by atoms with Gasteiger partial charge in [-0.3, -0.25) is 9.78 Å². The molecule has 0 aliphatic rings. The SMILES string of the molecule is CCN(CCNC(=O)c1cccnc1)c1cccc(C)c1. The fraction of sp³-hybridized carbons (Fsp3) is 0.294. The van der Waals surface area contributed by atoms with Crippen LogP contribution in [0.1, 0.15) is 22.8 Å². The van der Waals surface area contributed by atoms with Crippen molar-refractivity contribution in [2.75, 3.05) is 24.5 Å². The molecule has 1 N–H and O–H groups in total. The van der Waals surface area contributed by atoms with Crippen LogP contribution in [0, 0.1) is 6.92 Å². The number of likely N-dealkylation sites (N-methyl/N-ethyl adjacent to an activating group) is 1. The normalized spacial score (nSPS) is 10.2. The molecule has 0 atom stereocenters. The van der Waals surface area contributed by atoms with Crippen molar-refractivity contribution < 1.29 is 4.79 Å². The average Bonchev–Trinajstić information content (AvgIpc) is 2.52. The molecule has 4 nitrogen and oxygen atoms in total. The van der Waals surface area contributed by atoms with Crippen LogP contribution in [0.5, 0.6) is 0 Å². The van der Waals surface area contributed by atoms with Gasteiger partial charge in [-0.1, -0.05) is 12.1 Å². The second-order valence-electron chi connectivity index (χ2n) is 4.92. The molecule has 2 rings (SSSR count). The molecular formula is C17H21N3O. The van der Waals surface area contributed by atoms with Gasteiger partial charge in [-0.15, -0.1) is 0 Å². The molecule has 0 aliphatic heterocycles. The Balaban J connectivity index is 1.88. The second kappa shape index (κ2) is 7.43. The van der Waals surface area contributed by atoms with Crippen molar-refractivity contribution in [1.82, 2.24) is 10.3 Å². The fourth-order valence-corrected chi connectivity index (χ4v) is 2.20. The van der Waals surface area contributed by atoms with Crippen molar-refractivity contribution >= 4 is 11.6 Å². The standard InChI is InChI=1S/C17H21N3O/c1-3-20(16-8-4-6-14(2)12-16)11-10-19-17(21)15-7-5-9-18-13-15/h4-9,12-13H,3,10-11H2,1-2H3,(H,19,21). The lowest BCUT2D eigenvalue weighted by molar-refractivity contribution is 0.0954. The van der Waals surface area contributed by atoms with Crippen molar-refractivity contribution in [2.45, 2.75) is 13.8 Å². The molecule has 0 saturated heterocycles. The van der Waals surface area contributed by atoms with E-state index in [9.17, 15) is 4.79 Å². The number of rotatable bonds is 6. The van der Waals surface area contributed by atoms with E-state index in [4.69, 9.17) is 0 Å². The van der Waals surface area contributed by atoms with Crippen molar-refractivity contribution in [3.63, 3.8) is 0 Å². The molecule has 0 spiro atoms. The number of aryl methyl sites for hydroxylation is 1. The Kier molecular flexibility index (Phi) is 5.32. The van der Waals surface area contributed by atoms with Crippen LogP contribution >= 0.6 is 0 Å². The molecule has 1 aromatic heterocycles. The maximum absolute atomic E-state index is 11.9. The minimum Gasteiger partial charge on any atom is -0.370 e. The monoisotopic (exact) mass is 283 g/mol. The smallest absolute Gasteiger partial charge is 0.252 e. The highest BCUT2D eigenvalue weighted by atomic mass is 16.1. The summed E-state index contributed by atoms with van der Waals surface area (Å²) < 4.78 is 0. The van der Waals surface area contributed by atoms with Gasteiger partial charge in [0, 0.05) is 37.7 Å². The van der Waals surface area contributed by atoms with Gasteiger partial charge in [0.25, 0.3) is 5.91 Å². The number of benzene rings is 1. The minimum absolute atomic E-state index is 0.0802. The van der Waals surface area contributed by atoms with Crippen molar-refractivity contribution in [3.8, 4) is 0 Å². The molecule has 1 heterocycles. The number of carbonyl (C=O) groups is 1. The van der Waals surface area contributed by atoms with Gasteiger partial charge < -0.3 is 10.2 Å². The number of hydrogen-bond acceptors (Lipinski definition) is 3. The number of nitrogens with one attached hydrogen (secondary N) is 1. The third kappa shape index (κ3) is 4.31. The molecule has 110 valence electrons. The number of pyridine rings is 1. The Bertz CT molecular complexity index is 584. The molecule has 0 saturated carbocycles. The molecule has 0 unspecified atom stereocenters. The zero-order chi connectivity index (χ0) is 15.1. The summed E-state index contributed by atoms with van der Waals surface area (Å²) in [5.41, 5.74) is 3.02. The van der Waals surface area contributed by atoms with E-state index in [0.29, 0.717) is 12.1 Å². The third-order valence-electron chi connectivity index (χ3n) is 3.34. The van der Waals surface area contributed by atoms with E-state index in [2.05, 4.69) is 53.3 Å². The van der Waals surface area contributed by atoms with Crippen LogP contribution in [-0.2, 0) is 0 Å². The van der Waals surface area contributed by atoms with Crippen LogP contribution in [0.3, 0.4) is 0 Å². The second-order valence-corrected chi connectivity index (χ2v) is 4.92. The zero-order valence-electron chi connectivity index (χ0n) is 12.5. The van der Waals surface area contributed by atoms with Gasteiger partial charge in [0.2, 0.25) is 0 Å². The lowest BCUT2D eigenvalue weighted by Crippen LogP contribution is -2.35. The largest absolute Gasteiger partial charge is 0.370 e. The van der Waals surface area contributed by atoms with Gasteiger partial charge in [-0.25, -0.2) is 0 Å². The first-order chi connectivity index (χ1) is 10.2. The molecule has 4 heteroatoms. The molecule has 0 fully saturated rings. The van der Waals surface area contributed by atoms with Crippen LogP contribution in [0.2, 0.25) is 0 Å². The zero-order valence-corrected chi connectivity index (χ0v) is 12.5. The molecular weight excluding hydrogens is 262 g/mol. The number of amides is 1. The van der Waals surface area contributed by atoms with E-state index < -0.39 is 0 Å². The predicted octanol–water partition coefficient (Wildman–Crippen LogP) is 2.65. The van der Waals surface area contributed by atoms with Crippen LogP contribution in [0.4, 0.5) is 5.69 Å². The first-order valence-electron chi connectivity index (χ1n) is 7.20. The average molecular weight is 283 g/mol. The Morgan fingerprint density at radius 3 is 2.81 bits per heavy atom. The number of carbonyl (C=O) groups excluding carboxylic acids is 1. The summed E-state index contributed by atoms with van der Waals surface area (Å²) in [4.78, 5) is 18.1. The summed E-state index contributed by atoms with van der Waals surface area (Å²) in [5, 5.41) is 2.93. The van der Waals surface area contributed by atoms with Crippen LogP contribution in [0.15, 0.2) is 48.8 Å². The van der Waals surface area contributed by atoms with E-state index in [-0.39, 0.29) is 5.91 Å². The maximum atomic E-state index is 11.9. The number of nitrogens with zero attached hydrogens (tertiary/aromatic N) is 2. The molecule has 0 aliphatic carbocycles. The van der Waals surface area contributed by atoms with E-state index in [1.54, 1.807) is 24.5 Å². The topological polar surface area (TPSA) is 45.2 Å². The van der Waals surface area contributed by atoms with Crippen molar-refractivity contribution in [2.24, 2.45) is 0 Å². The highest BCUT2D eigenvalue weighted by Crippen LogP contribution is 2.14. The van der Waals surface area contributed by atoms with E-state index >= 15 is 0 Å². The summed E-state index contributed by atoms with van der Waals surface area (Å²) in [6, 6.07) is 11.9. The van der Waals surface area contributed by atoms with Crippen LogP contribution in [0.25, 0.3) is 0 Å². The predicted molar refractivity (Wildman–Crippen MR) is 85.6 cm³/mol. The number of anilines is 1. The summed E-state index contributed by atoms with van der Waals surface area (Å²) >= 11 is 0. The Morgan fingerprint density at radius 1 is 1.29 bits per heavy atom. The Morgan fingerprint density at radius 2 is 2.14 bits per heavy atom. The van der Waals surface area contributed by atoms with E-state index in [1.807, 2.05) is 0 Å². The Labute approximate surface area is 125 Å². The summed E-state index contributed by atoms with van der Waals surface area (Å²) in [5.74, 6) is -0.0802. The molecule has 1 amide bonds. The fourth-order valence-electron chi connectivity index (χ4n) is 2.20. The quantitative estimate of drug-likeness (QED) is 0.886. The van der Waals surface area contributed by atoms with E-state index in [0.717, 1.165) is 13.1 Å². The van der Waals surface area contributed by atoms with Gasteiger partial charge in [-0.2, -0.15) is 0 Å². The summed E-state index contributed by atoms with van der Waals surface area (Å²) in [7, 11) is 0. The van der Waals surface area contributed by atoms with Crippen LogP contribution < -0.4 is 10.2 Å². The van der Waals surface area contributed by atoms with Crippen LogP contribution in [-0.4, -0.2) is 30.5 Å². The van der Waals surface area contributed by atoms with E-state index in [1.165, 1.54) is 11.3 Å². The third-order valence-corrected chi connectivity index (χ3v) is 3.34. The van der Waals surface area contributed by atoms with Gasteiger partial charge in [-0.05, 0) is 43.7 Å². The van der Waals surface area contributed by atoms with Crippen molar-refractivity contribution in [1.29, 1.82) is 0 Å². The first kappa shape index (κ1) is 15.0. The molecule has 0 bridgehead atoms. The molecule has 0 radical (unpaired) electrons. The van der Waals surface area contributed by atoms with Gasteiger partial charge in [0.05, 0.1) is 5.56 Å². The summed E-state index contributed by atoms with van der Waals surface area (Å²) in [6.45, 7) is 6.50. The summed E-state index contributed by atoms with van der Waals surface area (Å²) in [6.07, 6.45) is 3.24. The Hall–Kier alpha value is -2.36. The first-order valence-corrected chi connectivity index (χ1v) is 7.20. The maximum Gasteiger partial charge on any atom is 0.252 e. The van der Waals surface area contributed by atoms with Gasteiger partial charge in [0.1, 0.15) is 0 Å². The van der Waals surface area contributed by atoms with Gasteiger partial charge >= 0.3 is 0 Å².